The molecule has 1 amide bonds. The summed E-state index contributed by atoms with van der Waals surface area (Å²) in [5.41, 5.74) is -0.401. The smallest absolute Gasteiger partial charge is 0.410 e. The zero-order chi connectivity index (χ0) is 15.3. The standard InChI is InChI=1S/C18H31NO2/c1-18(2,3)21-17(20)19-14-8-13-16(19)12-7-11-15-9-5-4-6-10-15/h7,11,15-16H,4-6,8-10,12-14H2,1-3H3/b11-7+. The first-order chi connectivity index (χ1) is 9.96. The molecule has 1 atom stereocenters. The van der Waals surface area contributed by atoms with Crippen LogP contribution >= 0.6 is 0 Å². The number of ether oxygens (including phenoxy) is 1. The molecule has 0 bridgehead atoms. The molecule has 0 aromatic carbocycles. The molecule has 3 heteroatoms. The molecule has 0 aromatic heterocycles. The molecule has 2 aliphatic rings. The number of likely N-dealkylation sites (tertiary alicyclic amines) is 1. The minimum absolute atomic E-state index is 0.143. The van der Waals surface area contributed by atoms with E-state index in [-0.39, 0.29) is 6.09 Å². The summed E-state index contributed by atoms with van der Waals surface area (Å²) >= 11 is 0. The molecule has 0 N–H and O–H groups in total. The first-order valence-corrected chi connectivity index (χ1v) is 8.62. The van der Waals surface area contributed by atoms with Crippen LogP contribution in [-0.2, 0) is 4.74 Å². The third kappa shape index (κ3) is 5.37. The van der Waals surface area contributed by atoms with E-state index in [9.17, 15) is 4.79 Å². The van der Waals surface area contributed by atoms with Gasteiger partial charge in [0.15, 0.2) is 0 Å². The van der Waals surface area contributed by atoms with Crippen molar-refractivity contribution in [2.45, 2.75) is 83.8 Å². The third-order valence-corrected chi connectivity index (χ3v) is 4.47. The summed E-state index contributed by atoms with van der Waals surface area (Å²) < 4.78 is 5.51. The summed E-state index contributed by atoms with van der Waals surface area (Å²) in [5.74, 6) is 0.773. The lowest BCUT2D eigenvalue weighted by Gasteiger charge is -2.28. The molecule has 2 rings (SSSR count). The second-order valence-corrected chi connectivity index (χ2v) is 7.53. The lowest BCUT2D eigenvalue weighted by atomic mass is 9.89. The Labute approximate surface area is 129 Å². The number of carbonyl (C=O) groups is 1. The monoisotopic (exact) mass is 293 g/mol. The van der Waals surface area contributed by atoms with Crippen molar-refractivity contribution < 1.29 is 9.53 Å². The number of allylic oxidation sites excluding steroid dienone is 1. The molecule has 1 unspecified atom stereocenters. The first kappa shape index (κ1) is 16.4. The van der Waals surface area contributed by atoms with Crippen LogP contribution < -0.4 is 0 Å². The maximum absolute atomic E-state index is 12.2. The van der Waals surface area contributed by atoms with E-state index in [1.54, 1.807) is 0 Å². The zero-order valence-corrected chi connectivity index (χ0v) is 13.9. The van der Waals surface area contributed by atoms with Gasteiger partial charge < -0.3 is 9.64 Å². The van der Waals surface area contributed by atoms with Gasteiger partial charge in [-0.2, -0.15) is 0 Å². The number of hydrogen-bond acceptors (Lipinski definition) is 2. The fraction of sp³-hybridized carbons (Fsp3) is 0.833. The van der Waals surface area contributed by atoms with E-state index < -0.39 is 5.60 Å². The van der Waals surface area contributed by atoms with Gasteiger partial charge >= 0.3 is 6.09 Å². The topological polar surface area (TPSA) is 29.5 Å². The van der Waals surface area contributed by atoms with Gasteiger partial charge in [-0.05, 0) is 58.8 Å². The Morgan fingerprint density at radius 2 is 1.86 bits per heavy atom. The largest absolute Gasteiger partial charge is 0.444 e. The number of rotatable bonds is 3. The Kier molecular flexibility index (Phi) is 5.72. The highest BCUT2D eigenvalue weighted by Gasteiger charge is 2.31. The maximum atomic E-state index is 12.2. The maximum Gasteiger partial charge on any atom is 0.410 e. The van der Waals surface area contributed by atoms with E-state index in [0.29, 0.717) is 6.04 Å². The van der Waals surface area contributed by atoms with Crippen LogP contribution in [0.5, 0.6) is 0 Å². The van der Waals surface area contributed by atoms with Gasteiger partial charge in [-0.3, -0.25) is 0 Å². The fourth-order valence-electron chi connectivity index (χ4n) is 3.40. The fourth-order valence-corrected chi connectivity index (χ4v) is 3.40. The Bertz CT molecular complexity index is 364. The highest BCUT2D eigenvalue weighted by atomic mass is 16.6. The molecule has 1 saturated carbocycles. The number of hydrogen-bond donors (Lipinski definition) is 0. The molecule has 3 nitrogen and oxygen atoms in total. The predicted molar refractivity (Wildman–Crippen MR) is 86.3 cm³/mol. The molecule has 120 valence electrons. The summed E-state index contributed by atoms with van der Waals surface area (Å²) in [6.45, 7) is 6.63. The third-order valence-electron chi connectivity index (χ3n) is 4.47. The minimum atomic E-state index is -0.401. The molecule has 1 heterocycles. The van der Waals surface area contributed by atoms with Crippen LogP contribution in [0.25, 0.3) is 0 Å². The lowest BCUT2D eigenvalue weighted by molar-refractivity contribution is 0.0228. The lowest BCUT2D eigenvalue weighted by Crippen LogP contribution is -2.39. The van der Waals surface area contributed by atoms with Gasteiger partial charge in [0.25, 0.3) is 0 Å². The molecular weight excluding hydrogens is 262 g/mol. The van der Waals surface area contributed by atoms with Gasteiger partial charge in [0.05, 0.1) is 0 Å². The summed E-state index contributed by atoms with van der Waals surface area (Å²) in [6, 6.07) is 0.333. The van der Waals surface area contributed by atoms with Crippen molar-refractivity contribution in [3.63, 3.8) is 0 Å². The van der Waals surface area contributed by atoms with E-state index in [1.165, 1.54) is 32.1 Å². The van der Waals surface area contributed by atoms with Crippen LogP contribution in [0, 0.1) is 5.92 Å². The van der Waals surface area contributed by atoms with E-state index >= 15 is 0 Å². The molecule has 0 spiro atoms. The van der Waals surface area contributed by atoms with Crippen molar-refractivity contribution >= 4 is 6.09 Å². The molecule has 2 fully saturated rings. The average Bonchev–Trinajstić information content (AvgIpc) is 2.86. The minimum Gasteiger partial charge on any atom is -0.444 e. The Morgan fingerprint density at radius 1 is 1.14 bits per heavy atom. The molecule has 1 aliphatic carbocycles. The molecular formula is C18H31NO2. The first-order valence-electron chi connectivity index (χ1n) is 8.62. The summed E-state index contributed by atoms with van der Waals surface area (Å²) in [7, 11) is 0. The van der Waals surface area contributed by atoms with Gasteiger partial charge in [0.2, 0.25) is 0 Å². The molecule has 0 aromatic rings. The normalized spacial score (nSPS) is 24.7. The van der Waals surface area contributed by atoms with Crippen molar-refractivity contribution in [2.24, 2.45) is 5.92 Å². The van der Waals surface area contributed by atoms with Crippen molar-refractivity contribution in [1.29, 1.82) is 0 Å². The zero-order valence-electron chi connectivity index (χ0n) is 13.9. The van der Waals surface area contributed by atoms with Crippen LogP contribution in [0.15, 0.2) is 12.2 Å². The van der Waals surface area contributed by atoms with Crippen molar-refractivity contribution in [2.75, 3.05) is 6.54 Å². The van der Waals surface area contributed by atoms with Crippen LogP contribution in [0.4, 0.5) is 4.79 Å². The van der Waals surface area contributed by atoms with E-state index in [0.717, 1.165) is 31.7 Å². The second-order valence-electron chi connectivity index (χ2n) is 7.53. The van der Waals surface area contributed by atoms with Gasteiger partial charge in [0, 0.05) is 12.6 Å². The van der Waals surface area contributed by atoms with E-state index in [4.69, 9.17) is 4.74 Å². The van der Waals surface area contributed by atoms with E-state index in [2.05, 4.69) is 12.2 Å². The molecule has 0 radical (unpaired) electrons. The van der Waals surface area contributed by atoms with Gasteiger partial charge in [0.1, 0.15) is 5.60 Å². The summed E-state index contributed by atoms with van der Waals surface area (Å²) in [6.07, 6.45) is 14.6. The highest BCUT2D eigenvalue weighted by molar-refractivity contribution is 5.69. The van der Waals surface area contributed by atoms with Crippen molar-refractivity contribution in [1.82, 2.24) is 4.90 Å². The van der Waals surface area contributed by atoms with Gasteiger partial charge in [-0.1, -0.05) is 31.4 Å². The number of carbonyl (C=O) groups excluding carboxylic acids is 1. The van der Waals surface area contributed by atoms with Gasteiger partial charge in [-0.25, -0.2) is 4.79 Å². The summed E-state index contributed by atoms with van der Waals surface area (Å²) in [4.78, 5) is 14.1. The molecule has 1 aliphatic heterocycles. The Hall–Kier alpha value is -0.990. The molecule has 1 saturated heterocycles. The van der Waals surface area contributed by atoms with Crippen LogP contribution in [0.3, 0.4) is 0 Å². The predicted octanol–water partition coefficient (Wildman–Crippen LogP) is 4.91. The molecule has 21 heavy (non-hydrogen) atoms. The average molecular weight is 293 g/mol. The quantitative estimate of drug-likeness (QED) is 0.692. The van der Waals surface area contributed by atoms with Gasteiger partial charge in [-0.15, -0.1) is 0 Å². The Balaban J connectivity index is 1.81. The van der Waals surface area contributed by atoms with E-state index in [1.807, 2.05) is 25.7 Å². The highest BCUT2D eigenvalue weighted by Crippen LogP contribution is 2.26. The van der Waals surface area contributed by atoms with Crippen LogP contribution in [-0.4, -0.2) is 29.2 Å². The van der Waals surface area contributed by atoms with Crippen LogP contribution in [0.1, 0.15) is 72.1 Å². The Morgan fingerprint density at radius 3 is 2.52 bits per heavy atom. The summed E-state index contributed by atoms with van der Waals surface area (Å²) in [5, 5.41) is 0. The number of nitrogens with zero attached hydrogens (tertiary/aromatic N) is 1. The number of amides is 1. The SMILES string of the molecule is CC(C)(C)OC(=O)N1CCCC1C/C=C/C1CCCCC1. The van der Waals surface area contributed by atoms with Crippen LogP contribution in [0.2, 0.25) is 0 Å². The van der Waals surface area contributed by atoms with Crippen molar-refractivity contribution in [3.05, 3.63) is 12.2 Å². The second kappa shape index (κ2) is 7.33. The van der Waals surface area contributed by atoms with Crippen molar-refractivity contribution in [3.8, 4) is 0 Å².